The molecular weight excluding hydrogens is 874 g/mol. The number of nitrogens with zero attached hydrogens (tertiary/aromatic N) is 2. The third-order valence-corrected chi connectivity index (χ3v) is 10.1. The fourth-order valence-corrected chi connectivity index (χ4v) is 8.56. The summed E-state index contributed by atoms with van der Waals surface area (Å²) in [5.74, 6) is 1.23. The first-order valence-corrected chi connectivity index (χ1v) is 17.2. The van der Waals surface area contributed by atoms with Crippen molar-refractivity contribution >= 4 is 84.5 Å². The van der Waals surface area contributed by atoms with E-state index in [9.17, 15) is 9.59 Å². The molecule has 0 fully saturated rings. The van der Waals surface area contributed by atoms with Crippen LogP contribution in [0.15, 0.2) is 80.1 Å². The van der Waals surface area contributed by atoms with Gasteiger partial charge >= 0.3 is 5.97 Å². The summed E-state index contributed by atoms with van der Waals surface area (Å²) in [6.07, 6.45) is 1.85. The Morgan fingerprint density at radius 2 is 1.73 bits per heavy atom. The number of benzene rings is 3. The number of thiazole rings is 1. The number of esters is 1. The molecule has 0 amide bonds. The zero-order valence-electron chi connectivity index (χ0n) is 24.2. The molecular formula is C32H27BrI2N2O6S. The molecule has 44 heavy (non-hydrogen) atoms. The summed E-state index contributed by atoms with van der Waals surface area (Å²) < 4.78 is 27.1. The fourth-order valence-electron chi connectivity index (χ4n) is 4.85. The average molecular weight is 901 g/mol. The van der Waals surface area contributed by atoms with Crippen LogP contribution in [0.1, 0.15) is 36.6 Å². The SMILES string of the molecule is CCOC(=O)C1=C(C)N=c2s/c(=C\c3cc(I)c(OCc4ccccc4)c(I)c3)c(=O)n2[C@@H]1c1cc(OC)c(OC)cc1Br. The first-order chi connectivity index (χ1) is 21.2. The van der Waals surface area contributed by atoms with Gasteiger partial charge in [-0.05, 0) is 106 Å². The highest BCUT2D eigenvalue weighted by atomic mass is 127. The quantitative estimate of drug-likeness (QED) is 0.144. The van der Waals surface area contributed by atoms with Gasteiger partial charge in [-0.25, -0.2) is 9.79 Å². The highest BCUT2D eigenvalue weighted by Gasteiger charge is 2.35. The van der Waals surface area contributed by atoms with Crippen molar-refractivity contribution in [1.29, 1.82) is 0 Å². The van der Waals surface area contributed by atoms with Crippen molar-refractivity contribution < 1.29 is 23.7 Å². The maximum Gasteiger partial charge on any atom is 0.338 e. The first-order valence-electron chi connectivity index (χ1n) is 13.4. The predicted octanol–water partition coefficient (Wildman–Crippen LogP) is 6.37. The number of carbonyl (C=O) groups is 1. The van der Waals surface area contributed by atoms with Gasteiger partial charge in [0, 0.05) is 4.47 Å². The summed E-state index contributed by atoms with van der Waals surface area (Å²) in [4.78, 5) is 32.6. The number of hydrogen-bond donors (Lipinski definition) is 0. The molecule has 0 saturated carbocycles. The predicted molar refractivity (Wildman–Crippen MR) is 190 cm³/mol. The summed E-state index contributed by atoms with van der Waals surface area (Å²) in [5, 5.41) is 0. The minimum absolute atomic E-state index is 0.183. The highest BCUT2D eigenvalue weighted by molar-refractivity contribution is 14.1. The lowest BCUT2D eigenvalue weighted by atomic mass is 9.95. The van der Waals surface area contributed by atoms with Gasteiger partial charge in [0.1, 0.15) is 12.4 Å². The van der Waals surface area contributed by atoms with Gasteiger partial charge in [-0.1, -0.05) is 57.6 Å². The second-order valence-corrected chi connectivity index (χ2v) is 13.8. The van der Waals surface area contributed by atoms with Crippen LogP contribution in [0.25, 0.3) is 6.08 Å². The second kappa shape index (κ2) is 14.2. The molecule has 0 bridgehead atoms. The monoisotopic (exact) mass is 900 g/mol. The lowest BCUT2D eigenvalue weighted by Crippen LogP contribution is -2.40. The summed E-state index contributed by atoms with van der Waals surface area (Å²) in [6, 6.07) is 16.7. The molecule has 4 aromatic rings. The number of ether oxygens (including phenoxy) is 4. The van der Waals surface area contributed by atoms with Crippen LogP contribution >= 0.6 is 72.4 Å². The summed E-state index contributed by atoms with van der Waals surface area (Å²) in [5.41, 5.74) is 3.05. The number of aromatic nitrogens is 1. The van der Waals surface area contributed by atoms with E-state index in [0.717, 1.165) is 24.0 Å². The van der Waals surface area contributed by atoms with Gasteiger partial charge in [0.25, 0.3) is 5.56 Å². The molecule has 2 heterocycles. The molecule has 0 aliphatic carbocycles. The number of fused-ring (bicyclic) bond motifs is 1. The topological polar surface area (TPSA) is 88.4 Å². The smallest absolute Gasteiger partial charge is 0.338 e. The highest BCUT2D eigenvalue weighted by Crippen LogP contribution is 2.41. The van der Waals surface area contributed by atoms with Crippen molar-refractivity contribution in [1.82, 2.24) is 4.57 Å². The third kappa shape index (κ3) is 6.63. The lowest BCUT2D eigenvalue weighted by molar-refractivity contribution is -0.139. The number of methoxy groups -OCH3 is 2. The Balaban J connectivity index is 1.62. The summed E-state index contributed by atoms with van der Waals surface area (Å²) in [7, 11) is 3.08. The van der Waals surface area contributed by atoms with Gasteiger partial charge in [0.2, 0.25) is 0 Å². The van der Waals surface area contributed by atoms with Crippen molar-refractivity contribution in [3.8, 4) is 17.2 Å². The first kappa shape index (κ1) is 32.7. The van der Waals surface area contributed by atoms with Crippen LogP contribution in [-0.4, -0.2) is 31.4 Å². The Labute approximate surface area is 293 Å². The Morgan fingerprint density at radius 3 is 2.36 bits per heavy atom. The Morgan fingerprint density at radius 1 is 1.07 bits per heavy atom. The summed E-state index contributed by atoms with van der Waals surface area (Å²) >= 11 is 9.41. The van der Waals surface area contributed by atoms with Gasteiger partial charge in [-0.2, -0.15) is 0 Å². The van der Waals surface area contributed by atoms with Gasteiger partial charge in [0.05, 0.1) is 49.8 Å². The standard InChI is InChI=1S/C32H27BrI2N2O6S/c1-5-42-31(39)27-17(2)36-32-37(28(27)20-14-24(40-3)25(41-4)15-21(20)33)30(38)26(44-32)13-19-11-22(34)29(23(35)12-19)43-16-18-9-7-6-8-10-18/h6-15,28H,5,16H2,1-4H3/b26-13-/t28-/m1/s1. The van der Waals surface area contributed by atoms with E-state index in [2.05, 4.69) is 66.1 Å². The molecule has 228 valence electrons. The van der Waals surface area contributed by atoms with Crippen molar-refractivity contribution in [2.75, 3.05) is 20.8 Å². The number of halogens is 3. The van der Waals surface area contributed by atoms with Crippen molar-refractivity contribution in [2.24, 2.45) is 4.99 Å². The molecule has 0 spiro atoms. The maximum atomic E-state index is 14.1. The molecule has 1 aromatic heterocycles. The zero-order valence-corrected chi connectivity index (χ0v) is 30.9. The van der Waals surface area contributed by atoms with Crippen LogP contribution in [0.5, 0.6) is 17.2 Å². The average Bonchev–Trinajstić information content (AvgIpc) is 3.30. The van der Waals surface area contributed by atoms with Crippen LogP contribution in [0, 0.1) is 7.14 Å². The van der Waals surface area contributed by atoms with Gasteiger partial charge in [-0.15, -0.1) is 0 Å². The van der Waals surface area contributed by atoms with E-state index in [4.69, 9.17) is 18.9 Å². The molecule has 0 saturated heterocycles. The van der Waals surface area contributed by atoms with Gasteiger partial charge in [-0.3, -0.25) is 9.36 Å². The zero-order chi connectivity index (χ0) is 31.5. The van der Waals surface area contributed by atoms with Crippen molar-refractivity contribution in [3.05, 3.63) is 114 Å². The molecule has 5 rings (SSSR count). The van der Waals surface area contributed by atoms with Crippen LogP contribution in [0.3, 0.4) is 0 Å². The number of rotatable bonds is 9. The Hall–Kier alpha value is -2.69. The Kier molecular flexibility index (Phi) is 10.5. The van der Waals surface area contributed by atoms with E-state index in [1.54, 1.807) is 37.7 Å². The number of hydrogen-bond acceptors (Lipinski definition) is 8. The fraction of sp³-hybridized carbons (Fsp3) is 0.219. The van der Waals surface area contributed by atoms with Crippen LogP contribution < -0.4 is 29.1 Å². The third-order valence-electron chi connectivity index (χ3n) is 6.86. The van der Waals surface area contributed by atoms with E-state index < -0.39 is 12.0 Å². The number of allylic oxidation sites excluding steroid dienone is 1. The molecule has 0 radical (unpaired) electrons. The van der Waals surface area contributed by atoms with Crippen LogP contribution in [0.4, 0.5) is 0 Å². The van der Waals surface area contributed by atoms with Crippen molar-refractivity contribution in [3.63, 3.8) is 0 Å². The van der Waals surface area contributed by atoms with E-state index in [1.807, 2.05) is 48.5 Å². The number of carbonyl (C=O) groups excluding carboxylic acids is 1. The molecule has 0 unspecified atom stereocenters. The van der Waals surface area contributed by atoms with E-state index in [0.29, 0.717) is 43.2 Å². The molecule has 0 N–H and O–H groups in total. The normalized spacial score (nSPS) is 14.6. The molecule has 1 atom stereocenters. The largest absolute Gasteiger partial charge is 0.493 e. The van der Waals surface area contributed by atoms with E-state index >= 15 is 0 Å². The van der Waals surface area contributed by atoms with E-state index in [-0.39, 0.29) is 17.7 Å². The Bertz CT molecular complexity index is 1930. The maximum absolute atomic E-state index is 14.1. The minimum Gasteiger partial charge on any atom is -0.493 e. The van der Waals surface area contributed by atoms with Crippen LogP contribution in [0.2, 0.25) is 0 Å². The summed E-state index contributed by atoms with van der Waals surface area (Å²) in [6.45, 7) is 4.13. The molecule has 3 aromatic carbocycles. The van der Waals surface area contributed by atoms with Crippen LogP contribution in [-0.2, 0) is 16.1 Å². The minimum atomic E-state index is -0.810. The molecule has 12 heteroatoms. The molecule has 8 nitrogen and oxygen atoms in total. The van der Waals surface area contributed by atoms with Gasteiger partial charge in [0.15, 0.2) is 16.3 Å². The molecule has 1 aliphatic rings. The van der Waals surface area contributed by atoms with E-state index in [1.165, 1.54) is 18.4 Å². The second-order valence-electron chi connectivity index (χ2n) is 9.62. The molecule has 1 aliphatic heterocycles. The lowest BCUT2D eigenvalue weighted by Gasteiger charge is -2.26. The van der Waals surface area contributed by atoms with Gasteiger partial charge < -0.3 is 18.9 Å². The van der Waals surface area contributed by atoms with Crippen molar-refractivity contribution in [2.45, 2.75) is 26.5 Å².